The van der Waals surface area contributed by atoms with Crippen LogP contribution in [0.4, 0.5) is 0 Å². The number of likely N-dealkylation sites (N-methyl/N-ethyl adjacent to an activating group) is 1. The van der Waals surface area contributed by atoms with Gasteiger partial charge in [0.15, 0.2) is 0 Å². The highest BCUT2D eigenvalue weighted by molar-refractivity contribution is 5.16. The Kier molecular flexibility index (Phi) is 15.0. The van der Waals surface area contributed by atoms with E-state index in [1.807, 2.05) is 0 Å². The zero-order chi connectivity index (χ0) is 20.0. The fourth-order valence-electron chi connectivity index (χ4n) is 3.96. The summed E-state index contributed by atoms with van der Waals surface area (Å²) in [5, 5.41) is 0. The van der Waals surface area contributed by atoms with Gasteiger partial charge in [-0.25, -0.2) is 0 Å². The first-order chi connectivity index (χ1) is 12.9. The van der Waals surface area contributed by atoms with Crippen LogP contribution >= 0.6 is 0 Å². The van der Waals surface area contributed by atoms with Gasteiger partial charge in [0.1, 0.15) is 0 Å². The van der Waals surface area contributed by atoms with Crippen LogP contribution in [-0.4, -0.2) is 30.7 Å². The van der Waals surface area contributed by atoms with E-state index in [4.69, 9.17) is 0 Å². The molecule has 0 radical (unpaired) electrons. The molecule has 1 aromatic rings. The first-order valence-corrected chi connectivity index (χ1v) is 11.8. The molecular formula is C26H48ClN. The summed E-state index contributed by atoms with van der Waals surface area (Å²) >= 11 is 0. The van der Waals surface area contributed by atoms with E-state index in [-0.39, 0.29) is 17.9 Å². The van der Waals surface area contributed by atoms with Gasteiger partial charge in [-0.15, -0.1) is 0 Å². The molecule has 0 aliphatic rings. The first kappa shape index (κ1) is 27.5. The van der Waals surface area contributed by atoms with Crippen molar-refractivity contribution < 1.29 is 16.9 Å². The van der Waals surface area contributed by atoms with E-state index in [0.29, 0.717) is 0 Å². The second-order valence-corrected chi connectivity index (χ2v) is 9.77. The quantitative estimate of drug-likeness (QED) is 0.272. The maximum atomic E-state index is 2.43. The minimum absolute atomic E-state index is 0. The molecule has 0 fully saturated rings. The summed E-state index contributed by atoms with van der Waals surface area (Å²) in [6, 6.07) is 11.0. The largest absolute Gasteiger partial charge is 1.00 e. The van der Waals surface area contributed by atoms with E-state index in [0.717, 1.165) is 10.9 Å². The molecule has 1 aromatic carbocycles. The van der Waals surface area contributed by atoms with Crippen LogP contribution in [0.3, 0.4) is 0 Å². The zero-order valence-electron chi connectivity index (χ0n) is 19.6. The van der Waals surface area contributed by atoms with Gasteiger partial charge in [0.2, 0.25) is 0 Å². The van der Waals surface area contributed by atoms with Gasteiger partial charge in [-0.1, -0.05) is 101 Å². The predicted octanol–water partition coefficient (Wildman–Crippen LogP) is 4.79. The van der Waals surface area contributed by atoms with Gasteiger partial charge in [0.25, 0.3) is 0 Å². The lowest BCUT2D eigenvalue weighted by molar-refractivity contribution is -0.938. The number of hydrogen-bond donors (Lipinski definition) is 0. The molecular weight excluding hydrogens is 362 g/mol. The number of nitrogens with zero attached hydrogens (tertiary/aromatic N) is 1. The molecule has 28 heavy (non-hydrogen) atoms. The van der Waals surface area contributed by atoms with Gasteiger partial charge in [0, 0.05) is 6.42 Å². The van der Waals surface area contributed by atoms with Crippen molar-refractivity contribution in [1.82, 2.24) is 0 Å². The molecule has 0 amide bonds. The molecule has 0 atom stereocenters. The predicted molar refractivity (Wildman–Crippen MR) is 122 cm³/mol. The Morgan fingerprint density at radius 3 is 1.57 bits per heavy atom. The molecule has 0 unspecified atom stereocenters. The van der Waals surface area contributed by atoms with E-state index >= 15 is 0 Å². The summed E-state index contributed by atoms with van der Waals surface area (Å²) in [4.78, 5) is 0. The van der Waals surface area contributed by atoms with Gasteiger partial charge in [-0.2, -0.15) is 0 Å². The second-order valence-electron chi connectivity index (χ2n) is 9.77. The molecule has 0 bridgehead atoms. The smallest absolute Gasteiger partial charge is 0.0972 e. The van der Waals surface area contributed by atoms with E-state index in [1.54, 1.807) is 0 Å². The summed E-state index contributed by atoms with van der Waals surface area (Å²) < 4.78 is 1.11. The maximum absolute atomic E-state index is 2.43. The maximum Gasteiger partial charge on any atom is 0.0972 e. The summed E-state index contributed by atoms with van der Waals surface area (Å²) in [7, 11) is 4.84. The second kappa shape index (κ2) is 15.3. The van der Waals surface area contributed by atoms with Crippen LogP contribution in [0.1, 0.15) is 103 Å². The van der Waals surface area contributed by atoms with Crippen molar-refractivity contribution in [3.05, 3.63) is 35.9 Å². The summed E-state index contributed by atoms with van der Waals surface area (Å²) in [5.41, 5.74) is 1.74. The van der Waals surface area contributed by atoms with Gasteiger partial charge >= 0.3 is 0 Å². The third-order valence-corrected chi connectivity index (χ3v) is 6.69. The Hall–Kier alpha value is -0.530. The van der Waals surface area contributed by atoms with E-state index < -0.39 is 0 Å². The highest BCUT2D eigenvalue weighted by Gasteiger charge is 2.35. The van der Waals surface area contributed by atoms with E-state index in [2.05, 4.69) is 65.2 Å². The van der Waals surface area contributed by atoms with Crippen LogP contribution in [0.2, 0.25) is 0 Å². The molecule has 0 aromatic heterocycles. The molecule has 1 nitrogen and oxygen atoms in total. The van der Waals surface area contributed by atoms with Crippen LogP contribution in [0.25, 0.3) is 0 Å². The minimum Gasteiger partial charge on any atom is -1.00 e. The number of unbranched alkanes of at least 4 members (excludes halogenated alkanes) is 11. The molecule has 2 heteroatoms. The third-order valence-electron chi connectivity index (χ3n) is 6.69. The molecule has 0 aliphatic heterocycles. The normalized spacial score (nSPS) is 12.0. The van der Waals surface area contributed by atoms with Crippen molar-refractivity contribution in [2.24, 2.45) is 0 Å². The monoisotopic (exact) mass is 409 g/mol. The molecule has 0 spiro atoms. The topological polar surface area (TPSA) is 0 Å². The summed E-state index contributed by atoms with van der Waals surface area (Å²) in [5.74, 6) is 0. The number of rotatable bonds is 16. The van der Waals surface area contributed by atoms with Crippen LogP contribution in [-0.2, 0) is 6.42 Å². The average Bonchev–Trinajstić information content (AvgIpc) is 2.63. The molecule has 164 valence electrons. The van der Waals surface area contributed by atoms with Crippen LogP contribution in [0.15, 0.2) is 30.3 Å². The Morgan fingerprint density at radius 1 is 0.679 bits per heavy atom. The van der Waals surface area contributed by atoms with Gasteiger partial charge in [0.05, 0.1) is 26.2 Å². The highest BCUT2D eigenvalue weighted by atomic mass is 35.5. The van der Waals surface area contributed by atoms with E-state index in [1.165, 1.54) is 89.2 Å². The number of hydrogen-bond acceptors (Lipinski definition) is 0. The van der Waals surface area contributed by atoms with Crippen LogP contribution in [0, 0.1) is 0 Å². The molecule has 0 saturated heterocycles. The van der Waals surface area contributed by atoms with Crippen molar-refractivity contribution in [2.45, 2.75) is 110 Å². The fourth-order valence-corrected chi connectivity index (χ4v) is 3.96. The zero-order valence-corrected chi connectivity index (χ0v) is 20.4. The van der Waals surface area contributed by atoms with Crippen molar-refractivity contribution >= 4 is 0 Å². The molecule has 0 N–H and O–H groups in total. The van der Waals surface area contributed by atoms with Gasteiger partial charge in [-0.3, -0.25) is 0 Å². The van der Waals surface area contributed by atoms with Gasteiger partial charge in [-0.05, 0) is 32.3 Å². The summed E-state index contributed by atoms with van der Waals surface area (Å²) in [6.07, 6.45) is 18.3. The number of halogens is 1. The lowest BCUT2D eigenvalue weighted by Gasteiger charge is -2.45. The lowest BCUT2D eigenvalue weighted by Crippen LogP contribution is -3.00. The highest BCUT2D eigenvalue weighted by Crippen LogP contribution is 2.26. The Balaban J connectivity index is 0.00000729. The molecule has 1 rings (SSSR count). The van der Waals surface area contributed by atoms with E-state index in [9.17, 15) is 0 Å². The minimum atomic E-state index is 0. The summed E-state index contributed by atoms with van der Waals surface area (Å²) in [6.45, 7) is 8.45. The van der Waals surface area contributed by atoms with Crippen molar-refractivity contribution in [1.29, 1.82) is 0 Å². The first-order valence-electron chi connectivity index (χ1n) is 11.8. The molecule has 0 aliphatic carbocycles. The standard InChI is InChI=1S/C26H48N.ClH/c1-6-7-8-9-10-11-12-13-14-15-16-20-23-27(4,5)26(2,3)24-25-21-18-17-19-22-25;/h17-19,21-22H,6-16,20,23-24H2,1-5H3;1H/q+1;/p-1. The fraction of sp³-hybridized carbons (Fsp3) is 0.769. The molecule has 0 heterocycles. The third kappa shape index (κ3) is 11.5. The SMILES string of the molecule is CCCCCCCCCCCCCC[N+](C)(C)C(C)(C)Cc1ccccc1.[Cl-]. The number of benzene rings is 1. The lowest BCUT2D eigenvalue weighted by atomic mass is 9.91. The van der Waals surface area contributed by atoms with Crippen LogP contribution in [0.5, 0.6) is 0 Å². The van der Waals surface area contributed by atoms with Crippen molar-refractivity contribution in [2.75, 3.05) is 20.6 Å². The van der Waals surface area contributed by atoms with Crippen molar-refractivity contribution in [3.8, 4) is 0 Å². The Labute approximate surface area is 183 Å². The van der Waals surface area contributed by atoms with Gasteiger partial charge < -0.3 is 16.9 Å². The Bertz CT molecular complexity index is 467. The Morgan fingerprint density at radius 2 is 1.11 bits per heavy atom. The van der Waals surface area contributed by atoms with Crippen LogP contribution < -0.4 is 12.4 Å². The molecule has 0 saturated carbocycles. The average molecular weight is 410 g/mol. The number of quaternary nitrogens is 1. The van der Waals surface area contributed by atoms with Crippen molar-refractivity contribution in [3.63, 3.8) is 0 Å².